The average Bonchev–Trinajstić information content (AvgIpc) is 2.28. The fourth-order valence-corrected chi connectivity index (χ4v) is 2.18. The van der Waals surface area contributed by atoms with Crippen molar-refractivity contribution >= 4 is 11.8 Å². The molecule has 0 aliphatic rings. The van der Waals surface area contributed by atoms with Gasteiger partial charge in [-0.05, 0) is 42.0 Å². The van der Waals surface area contributed by atoms with Crippen LogP contribution in [0.15, 0.2) is 53.4 Å². The molecule has 82 valence electrons. The fourth-order valence-electron chi connectivity index (χ4n) is 1.34. The quantitative estimate of drug-likeness (QED) is 0.815. The lowest BCUT2D eigenvalue weighted by Gasteiger charge is -2.02. The topological polar surface area (TPSA) is 20.2 Å². The van der Waals surface area contributed by atoms with Crippen LogP contribution in [0.5, 0.6) is 5.75 Å². The summed E-state index contributed by atoms with van der Waals surface area (Å²) in [6, 6.07) is 13.6. The molecule has 2 aromatic carbocycles. The van der Waals surface area contributed by atoms with Crippen molar-refractivity contribution in [1.29, 1.82) is 0 Å². The molecule has 0 saturated carbocycles. The number of halogens is 1. The van der Waals surface area contributed by atoms with Gasteiger partial charge in [-0.3, -0.25) is 0 Å². The molecule has 0 bridgehead atoms. The zero-order valence-electron chi connectivity index (χ0n) is 8.56. The Morgan fingerprint density at radius 2 is 1.81 bits per heavy atom. The van der Waals surface area contributed by atoms with E-state index in [0.29, 0.717) is 0 Å². The average molecular weight is 234 g/mol. The molecule has 0 aliphatic heterocycles. The van der Waals surface area contributed by atoms with E-state index >= 15 is 0 Å². The zero-order chi connectivity index (χ0) is 11.4. The molecule has 1 N–H and O–H groups in total. The first-order chi connectivity index (χ1) is 7.74. The van der Waals surface area contributed by atoms with Crippen molar-refractivity contribution in [3.8, 4) is 5.75 Å². The number of thioether (sulfide) groups is 1. The van der Waals surface area contributed by atoms with Crippen LogP contribution in [0.4, 0.5) is 4.39 Å². The van der Waals surface area contributed by atoms with Crippen LogP contribution in [-0.2, 0) is 5.75 Å². The molecule has 0 heterocycles. The van der Waals surface area contributed by atoms with Crippen LogP contribution in [-0.4, -0.2) is 5.11 Å². The highest BCUT2D eigenvalue weighted by atomic mass is 32.2. The Bertz CT molecular complexity index is 468. The fraction of sp³-hybridized carbons (Fsp3) is 0.0769. The van der Waals surface area contributed by atoms with Crippen LogP contribution < -0.4 is 0 Å². The number of phenols is 1. The van der Waals surface area contributed by atoms with Crippen LogP contribution in [0.25, 0.3) is 0 Å². The van der Waals surface area contributed by atoms with Gasteiger partial charge in [0.05, 0.1) is 0 Å². The minimum atomic E-state index is -0.205. The van der Waals surface area contributed by atoms with Crippen molar-refractivity contribution < 1.29 is 9.50 Å². The van der Waals surface area contributed by atoms with Gasteiger partial charge in [0.25, 0.3) is 0 Å². The number of rotatable bonds is 3. The van der Waals surface area contributed by atoms with Gasteiger partial charge in [0.1, 0.15) is 11.6 Å². The molecule has 0 fully saturated rings. The van der Waals surface area contributed by atoms with E-state index in [0.717, 1.165) is 16.2 Å². The normalized spacial score (nSPS) is 10.3. The third-order valence-electron chi connectivity index (χ3n) is 2.13. The largest absolute Gasteiger partial charge is 0.508 e. The van der Waals surface area contributed by atoms with Gasteiger partial charge < -0.3 is 5.11 Å². The van der Waals surface area contributed by atoms with Gasteiger partial charge in [-0.15, -0.1) is 11.8 Å². The zero-order valence-corrected chi connectivity index (χ0v) is 9.38. The summed E-state index contributed by atoms with van der Waals surface area (Å²) in [5.41, 5.74) is 0.957. The Balaban J connectivity index is 1.99. The predicted octanol–water partition coefficient (Wildman–Crippen LogP) is 3.82. The summed E-state index contributed by atoms with van der Waals surface area (Å²) in [7, 11) is 0. The van der Waals surface area contributed by atoms with Crippen LogP contribution in [0, 0.1) is 5.82 Å². The Morgan fingerprint density at radius 1 is 1.06 bits per heavy atom. The number of benzene rings is 2. The molecule has 0 spiro atoms. The van der Waals surface area contributed by atoms with Gasteiger partial charge in [0.2, 0.25) is 0 Å². The molecule has 2 aromatic rings. The van der Waals surface area contributed by atoms with Gasteiger partial charge in [0.15, 0.2) is 0 Å². The minimum Gasteiger partial charge on any atom is -0.508 e. The molecular formula is C13H11FOS. The monoisotopic (exact) mass is 234 g/mol. The van der Waals surface area contributed by atoms with E-state index in [1.807, 2.05) is 18.2 Å². The van der Waals surface area contributed by atoms with E-state index in [-0.39, 0.29) is 11.6 Å². The minimum absolute atomic E-state index is 0.205. The molecule has 0 atom stereocenters. The van der Waals surface area contributed by atoms with Gasteiger partial charge in [-0.1, -0.05) is 12.1 Å². The second-order valence-electron chi connectivity index (χ2n) is 3.41. The smallest absolute Gasteiger partial charge is 0.123 e. The number of phenolic OH excluding ortho intramolecular Hbond substituents is 1. The lowest BCUT2D eigenvalue weighted by molar-refractivity contribution is 0.475. The Labute approximate surface area is 97.9 Å². The van der Waals surface area contributed by atoms with E-state index in [1.54, 1.807) is 30.0 Å². The van der Waals surface area contributed by atoms with Crippen LogP contribution in [0.2, 0.25) is 0 Å². The molecular weight excluding hydrogens is 223 g/mol. The summed E-state index contributed by atoms with van der Waals surface area (Å²) < 4.78 is 12.9. The highest BCUT2D eigenvalue weighted by molar-refractivity contribution is 7.98. The van der Waals surface area contributed by atoms with Crippen LogP contribution in [0.1, 0.15) is 5.56 Å². The summed E-state index contributed by atoms with van der Waals surface area (Å²) in [4.78, 5) is 1.06. The van der Waals surface area contributed by atoms with Gasteiger partial charge in [0, 0.05) is 10.6 Å². The molecule has 0 aromatic heterocycles. The lowest BCUT2D eigenvalue weighted by atomic mass is 10.2. The predicted molar refractivity (Wildman–Crippen MR) is 64.1 cm³/mol. The summed E-state index contributed by atoms with van der Waals surface area (Å²) in [5.74, 6) is 0.779. The standard InChI is InChI=1S/C13H11FOS/c14-11-3-1-2-10(8-11)9-16-13-6-4-12(15)5-7-13/h1-8,15H,9H2. The Morgan fingerprint density at radius 3 is 2.50 bits per heavy atom. The SMILES string of the molecule is Oc1ccc(SCc2cccc(F)c2)cc1. The number of hydrogen-bond donors (Lipinski definition) is 1. The van der Waals surface area contributed by atoms with Crippen molar-refractivity contribution in [3.63, 3.8) is 0 Å². The molecule has 16 heavy (non-hydrogen) atoms. The van der Waals surface area contributed by atoms with Crippen molar-refractivity contribution in [2.45, 2.75) is 10.6 Å². The maximum atomic E-state index is 12.9. The Kier molecular flexibility index (Phi) is 3.47. The van der Waals surface area contributed by atoms with Crippen molar-refractivity contribution in [1.82, 2.24) is 0 Å². The maximum Gasteiger partial charge on any atom is 0.123 e. The first-order valence-electron chi connectivity index (χ1n) is 4.90. The molecule has 0 radical (unpaired) electrons. The van der Waals surface area contributed by atoms with E-state index in [4.69, 9.17) is 5.11 Å². The molecule has 0 unspecified atom stereocenters. The van der Waals surface area contributed by atoms with Gasteiger partial charge in [-0.2, -0.15) is 0 Å². The highest BCUT2D eigenvalue weighted by Crippen LogP contribution is 2.24. The first kappa shape index (κ1) is 11.0. The summed E-state index contributed by atoms with van der Waals surface area (Å²) >= 11 is 1.61. The van der Waals surface area contributed by atoms with Gasteiger partial charge >= 0.3 is 0 Å². The van der Waals surface area contributed by atoms with E-state index < -0.39 is 0 Å². The molecule has 2 rings (SSSR count). The Hall–Kier alpha value is -1.48. The summed E-state index contributed by atoms with van der Waals surface area (Å²) in [6.07, 6.45) is 0. The van der Waals surface area contributed by atoms with E-state index in [2.05, 4.69) is 0 Å². The number of aromatic hydroxyl groups is 1. The third kappa shape index (κ3) is 3.00. The molecule has 1 nitrogen and oxygen atoms in total. The van der Waals surface area contributed by atoms with Crippen molar-refractivity contribution in [3.05, 3.63) is 59.9 Å². The molecule has 0 saturated heterocycles. The first-order valence-corrected chi connectivity index (χ1v) is 5.89. The van der Waals surface area contributed by atoms with Gasteiger partial charge in [-0.25, -0.2) is 4.39 Å². The summed E-state index contributed by atoms with van der Waals surface area (Å²) in [5, 5.41) is 9.12. The number of hydrogen-bond acceptors (Lipinski definition) is 2. The summed E-state index contributed by atoms with van der Waals surface area (Å²) in [6.45, 7) is 0. The van der Waals surface area contributed by atoms with Crippen molar-refractivity contribution in [2.75, 3.05) is 0 Å². The highest BCUT2D eigenvalue weighted by Gasteiger charge is 1.98. The molecule has 3 heteroatoms. The van der Waals surface area contributed by atoms with E-state index in [9.17, 15) is 4.39 Å². The van der Waals surface area contributed by atoms with Crippen LogP contribution in [0.3, 0.4) is 0 Å². The molecule has 0 aliphatic carbocycles. The van der Waals surface area contributed by atoms with Crippen molar-refractivity contribution in [2.24, 2.45) is 0 Å². The second-order valence-corrected chi connectivity index (χ2v) is 4.46. The molecule has 0 amide bonds. The van der Waals surface area contributed by atoms with E-state index in [1.165, 1.54) is 12.1 Å². The lowest BCUT2D eigenvalue weighted by Crippen LogP contribution is -1.82. The second kappa shape index (κ2) is 5.03. The third-order valence-corrected chi connectivity index (χ3v) is 3.21. The van der Waals surface area contributed by atoms with Crippen LogP contribution >= 0.6 is 11.8 Å². The maximum absolute atomic E-state index is 12.9.